The number of aliphatic hydroxyl groups is 2. The number of phosphoric ester groups is 1. The monoisotopic (exact) mass is 398 g/mol. The van der Waals surface area contributed by atoms with E-state index in [-0.39, 0.29) is 10.9 Å². The van der Waals surface area contributed by atoms with Gasteiger partial charge in [-0.15, -0.1) is 0 Å². The molecule has 8 N–H and O–H groups in total. The third-order valence-electron chi connectivity index (χ3n) is 3.26. The van der Waals surface area contributed by atoms with Gasteiger partial charge in [0.2, 0.25) is 0 Å². The third-order valence-corrected chi connectivity index (χ3v) is 3.84. The average Bonchev–Trinajstić information content (AvgIpc) is 2.99. The summed E-state index contributed by atoms with van der Waals surface area (Å²) in [5.41, 5.74) is 4.87. The number of nitrogens with one attached hydrogen (secondary N) is 1. The molecule has 1 aromatic heterocycles. The van der Waals surface area contributed by atoms with E-state index in [0.29, 0.717) is 0 Å². The number of rotatable bonds is 6. The van der Waals surface area contributed by atoms with Gasteiger partial charge in [0, 0.05) is 0 Å². The van der Waals surface area contributed by atoms with E-state index in [2.05, 4.69) is 27.0 Å². The van der Waals surface area contributed by atoms with Crippen molar-refractivity contribution in [2.45, 2.75) is 24.5 Å². The summed E-state index contributed by atoms with van der Waals surface area (Å²) >= 11 is 4.66. The van der Waals surface area contributed by atoms with Crippen molar-refractivity contribution in [2.75, 3.05) is 11.9 Å². The Morgan fingerprint density at radius 2 is 2.12 bits per heavy atom. The number of nitrogens with two attached hydrogens (primary N) is 1. The van der Waals surface area contributed by atoms with Gasteiger partial charge >= 0.3 is 13.8 Å². The highest BCUT2D eigenvalue weighted by atomic mass is 32.1. The standard InChI is InChI=1S/C10H15N4O9PS/c11-10(25)13-7-4(9(17)18)12-2-14(7)8-6(16)5(15)3(23-8)1-22-24(19,20)21/h2-3,5-6,8,15-16H,1H2,(H,17,18)(H3,11,13,25)(H2,19,20,21)/t3-,5-,6-,8-/m1/s1. The molecule has 1 aromatic rings. The molecule has 1 aliphatic rings. The molecule has 140 valence electrons. The van der Waals surface area contributed by atoms with E-state index in [4.69, 9.17) is 25.4 Å². The molecule has 13 nitrogen and oxygen atoms in total. The number of carboxylic acids is 1. The molecule has 2 heterocycles. The van der Waals surface area contributed by atoms with Crippen LogP contribution in [0.4, 0.5) is 5.82 Å². The zero-order valence-corrected chi connectivity index (χ0v) is 14.0. The zero-order chi connectivity index (χ0) is 18.9. The minimum absolute atomic E-state index is 0.201. The second-order valence-corrected chi connectivity index (χ2v) is 6.66. The van der Waals surface area contributed by atoms with Crippen LogP contribution in [-0.4, -0.2) is 70.7 Å². The van der Waals surface area contributed by atoms with E-state index in [0.717, 1.165) is 10.9 Å². The fourth-order valence-corrected chi connectivity index (χ4v) is 2.66. The molecule has 0 aliphatic carbocycles. The second kappa shape index (κ2) is 7.31. The molecular formula is C10H15N4O9PS. The number of thiocarbonyl (C=S) groups is 1. The van der Waals surface area contributed by atoms with Gasteiger partial charge in [-0.2, -0.15) is 0 Å². The number of phosphoric acid groups is 1. The summed E-state index contributed by atoms with van der Waals surface area (Å²) in [6.45, 7) is -0.711. The topological polar surface area (TPSA) is 210 Å². The average molecular weight is 398 g/mol. The van der Waals surface area contributed by atoms with E-state index in [1.165, 1.54) is 0 Å². The van der Waals surface area contributed by atoms with E-state index in [1.807, 2.05) is 0 Å². The summed E-state index contributed by atoms with van der Waals surface area (Å²) in [7, 11) is -4.81. The van der Waals surface area contributed by atoms with Gasteiger partial charge in [0.05, 0.1) is 12.9 Å². The number of ether oxygens (including phenoxy) is 1. The molecule has 1 aliphatic heterocycles. The Morgan fingerprint density at radius 3 is 2.64 bits per heavy atom. The van der Waals surface area contributed by atoms with Crippen molar-refractivity contribution in [3.8, 4) is 0 Å². The molecule has 1 saturated heterocycles. The maximum atomic E-state index is 11.2. The number of nitrogens with zero attached hydrogens (tertiary/aromatic N) is 2. The van der Waals surface area contributed by atoms with Crippen LogP contribution in [0.5, 0.6) is 0 Å². The Morgan fingerprint density at radius 1 is 1.48 bits per heavy atom. The van der Waals surface area contributed by atoms with Crippen LogP contribution in [0.1, 0.15) is 16.7 Å². The molecule has 4 atom stereocenters. The van der Waals surface area contributed by atoms with Crippen LogP contribution < -0.4 is 11.1 Å². The SMILES string of the molecule is NC(=S)Nc1c(C(=O)O)ncn1[C@@H]1O[C@H](COP(=O)(O)O)[C@@H](O)[C@H]1O. The van der Waals surface area contributed by atoms with Crippen molar-refractivity contribution < 1.29 is 43.7 Å². The number of anilines is 1. The Hall–Kier alpha value is -1.64. The van der Waals surface area contributed by atoms with Gasteiger partial charge in [0.15, 0.2) is 17.0 Å². The molecule has 0 spiro atoms. The van der Waals surface area contributed by atoms with Crippen LogP contribution >= 0.6 is 20.0 Å². The lowest BCUT2D eigenvalue weighted by atomic mass is 10.1. The quantitative estimate of drug-likeness (QED) is 0.204. The highest BCUT2D eigenvalue weighted by molar-refractivity contribution is 7.80. The van der Waals surface area contributed by atoms with Gasteiger partial charge in [-0.25, -0.2) is 14.3 Å². The first kappa shape index (κ1) is 19.7. The molecule has 25 heavy (non-hydrogen) atoms. The van der Waals surface area contributed by atoms with Crippen LogP contribution in [0.15, 0.2) is 6.33 Å². The van der Waals surface area contributed by atoms with Crippen LogP contribution in [0.2, 0.25) is 0 Å². The van der Waals surface area contributed by atoms with Crippen molar-refractivity contribution in [3.63, 3.8) is 0 Å². The fourth-order valence-electron chi connectivity index (χ4n) is 2.22. The summed E-state index contributed by atoms with van der Waals surface area (Å²) in [6.07, 6.45) is -4.76. The Kier molecular flexibility index (Phi) is 5.75. The van der Waals surface area contributed by atoms with E-state index >= 15 is 0 Å². The molecule has 0 aromatic carbocycles. The van der Waals surface area contributed by atoms with Gasteiger partial charge < -0.3 is 40.9 Å². The number of imidazole rings is 1. The Labute approximate surface area is 145 Å². The molecule has 1 fully saturated rings. The summed E-state index contributed by atoms with van der Waals surface area (Å²) < 4.78 is 21.3. The fraction of sp³-hybridized carbons (Fsp3) is 0.500. The van der Waals surface area contributed by atoms with Crippen molar-refractivity contribution in [1.29, 1.82) is 0 Å². The minimum atomic E-state index is -4.81. The summed E-state index contributed by atoms with van der Waals surface area (Å²) in [4.78, 5) is 32.2. The number of aromatic carboxylic acids is 1. The normalized spacial score (nSPS) is 26.6. The Bertz CT molecular complexity index is 721. The molecule has 0 saturated carbocycles. The van der Waals surface area contributed by atoms with Crippen molar-refractivity contribution in [3.05, 3.63) is 12.0 Å². The van der Waals surface area contributed by atoms with Crippen LogP contribution in [-0.2, 0) is 13.8 Å². The van der Waals surface area contributed by atoms with Crippen LogP contribution in [0.25, 0.3) is 0 Å². The van der Waals surface area contributed by atoms with Crippen molar-refractivity contribution in [1.82, 2.24) is 9.55 Å². The second-order valence-electron chi connectivity index (χ2n) is 4.98. The summed E-state index contributed by atoms with van der Waals surface area (Å²) in [5.74, 6) is -1.61. The maximum absolute atomic E-state index is 11.2. The number of carbonyl (C=O) groups is 1. The lowest BCUT2D eigenvalue weighted by Crippen LogP contribution is -2.34. The molecule has 2 rings (SSSR count). The van der Waals surface area contributed by atoms with Gasteiger partial charge in [-0.1, -0.05) is 0 Å². The number of aliphatic hydroxyl groups excluding tert-OH is 2. The predicted octanol–water partition coefficient (Wildman–Crippen LogP) is -2.03. The van der Waals surface area contributed by atoms with Gasteiger partial charge in [0.1, 0.15) is 24.1 Å². The summed E-state index contributed by atoms with van der Waals surface area (Å²) in [5, 5.41) is 31.3. The molecule has 0 radical (unpaired) electrons. The largest absolute Gasteiger partial charge is 0.476 e. The minimum Gasteiger partial charge on any atom is -0.476 e. The van der Waals surface area contributed by atoms with Gasteiger partial charge in [-0.05, 0) is 12.2 Å². The highest BCUT2D eigenvalue weighted by Gasteiger charge is 2.45. The number of aromatic nitrogens is 2. The molecule has 0 amide bonds. The molecule has 0 unspecified atom stereocenters. The zero-order valence-electron chi connectivity index (χ0n) is 12.3. The van der Waals surface area contributed by atoms with E-state index < -0.39 is 50.6 Å². The van der Waals surface area contributed by atoms with Gasteiger partial charge in [0.25, 0.3) is 0 Å². The predicted molar refractivity (Wildman–Crippen MR) is 83.5 cm³/mol. The number of hydrogen-bond donors (Lipinski definition) is 7. The first-order valence-corrected chi connectivity index (χ1v) is 8.53. The first-order chi connectivity index (χ1) is 11.5. The van der Waals surface area contributed by atoms with Crippen molar-refractivity contribution >= 4 is 36.9 Å². The molecule has 15 heteroatoms. The van der Waals surface area contributed by atoms with Crippen LogP contribution in [0, 0.1) is 0 Å². The van der Waals surface area contributed by atoms with Crippen LogP contribution in [0.3, 0.4) is 0 Å². The highest BCUT2D eigenvalue weighted by Crippen LogP contribution is 2.39. The number of carboxylic acid groups (broad SMARTS) is 1. The lowest BCUT2D eigenvalue weighted by molar-refractivity contribution is -0.0511. The van der Waals surface area contributed by atoms with Gasteiger partial charge in [-0.3, -0.25) is 9.09 Å². The number of hydrogen-bond acceptors (Lipinski definition) is 8. The first-order valence-electron chi connectivity index (χ1n) is 6.59. The van der Waals surface area contributed by atoms with E-state index in [1.54, 1.807) is 0 Å². The lowest BCUT2D eigenvalue weighted by Gasteiger charge is -2.19. The van der Waals surface area contributed by atoms with E-state index in [9.17, 15) is 19.6 Å². The molecule has 0 bridgehead atoms. The summed E-state index contributed by atoms with van der Waals surface area (Å²) in [6, 6.07) is 0. The molecular weight excluding hydrogens is 383 g/mol. The third kappa shape index (κ3) is 4.50. The Balaban J connectivity index is 2.27. The van der Waals surface area contributed by atoms with Crippen molar-refractivity contribution in [2.24, 2.45) is 5.73 Å². The maximum Gasteiger partial charge on any atom is 0.469 e. The smallest absolute Gasteiger partial charge is 0.469 e.